The van der Waals surface area contributed by atoms with E-state index in [0.717, 1.165) is 29.7 Å². The lowest BCUT2D eigenvalue weighted by atomic mass is 9.97. The van der Waals surface area contributed by atoms with E-state index in [1.807, 2.05) is 43.3 Å². The summed E-state index contributed by atoms with van der Waals surface area (Å²) in [4.78, 5) is 12.5. The van der Waals surface area contributed by atoms with Crippen molar-refractivity contribution in [3.63, 3.8) is 0 Å². The molecule has 174 valence electrons. The zero-order chi connectivity index (χ0) is 23.0. The molecule has 1 aliphatic rings. The van der Waals surface area contributed by atoms with Gasteiger partial charge in [0, 0.05) is 19.0 Å². The molecule has 7 heteroatoms. The topological polar surface area (TPSA) is 75.7 Å². The molecule has 6 nitrogen and oxygen atoms in total. The Kier molecular flexibility index (Phi) is 8.70. The van der Waals surface area contributed by atoms with Crippen LogP contribution in [0.5, 0.6) is 5.75 Å². The molecule has 0 radical (unpaired) electrons. The number of benzene rings is 2. The quantitative estimate of drug-likeness (QED) is 0.551. The number of piperidine rings is 1. The molecule has 2 aromatic carbocycles. The lowest BCUT2D eigenvalue weighted by Gasteiger charge is -2.30. The van der Waals surface area contributed by atoms with E-state index in [-0.39, 0.29) is 17.6 Å². The van der Waals surface area contributed by atoms with Crippen molar-refractivity contribution in [3.05, 3.63) is 65.2 Å². The van der Waals surface area contributed by atoms with Crippen molar-refractivity contribution in [1.82, 2.24) is 9.62 Å². The summed E-state index contributed by atoms with van der Waals surface area (Å²) in [6.45, 7) is 5.73. The summed E-state index contributed by atoms with van der Waals surface area (Å²) in [7, 11) is -3.38. The number of aryl methyl sites for hydroxylation is 2. The molecule has 1 heterocycles. The number of nitrogens with zero attached hydrogens (tertiary/aromatic N) is 1. The number of hydrogen-bond acceptors (Lipinski definition) is 4. The van der Waals surface area contributed by atoms with Crippen molar-refractivity contribution in [2.45, 2.75) is 45.3 Å². The van der Waals surface area contributed by atoms with Gasteiger partial charge in [-0.2, -0.15) is 0 Å². The predicted octanol–water partition coefficient (Wildman–Crippen LogP) is 3.68. The number of carbonyl (C=O) groups is 1. The van der Waals surface area contributed by atoms with E-state index in [1.165, 1.54) is 9.87 Å². The molecular weight excluding hydrogens is 424 g/mol. The van der Waals surface area contributed by atoms with Gasteiger partial charge < -0.3 is 10.1 Å². The van der Waals surface area contributed by atoms with Gasteiger partial charge in [0.25, 0.3) is 0 Å². The van der Waals surface area contributed by atoms with Gasteiger partial charge in [-0.15, -0.1) is 0 Å². The Morgan fingerprint density at radius 1 is 1.03 bits per heavy atom. The zero-order valence-corrected chi connectivity index (χ0v) is 19.9. The first kappa shape index (κ1) is 24.3. The van der Waals surface area contributed by atoms with Crippen LogP contribution in [0.15, 0.2) is 48.5 Å². The Morgan fingerprint density at radius 3 is 2.28 bits per heavy atom. The number of rotatable bonds is 10. The van der Waals surface area contributed by atoms with E-state index < -0.39 is 10.0 Å². The van der Waals surface area contributed by atoms with Crippen LogP contribution >= 0.6 is 0 Å². The van der Waals surface area contributed by atoms with E-state index in [1.54, 1.807) is 0 Å². The van der Waals surface area contributed by atoms with Gasteiger partial charge in [-0.1, -0.05) is 55.3 Å². The number of hydrogen-bond donors (Lipinski definition) is 1. The van der Waals surface area contributed by atoms with Gasteiger partial charge >= 0.3 is 0 Å². The second-order valence-corrected chi connectivity index (χ2v) is 10.4. The Bertz CT molecular complexity index is 964. The molecule has 1 saturated heterocycles. The molecular formula is C25H34N2O4S. The maximum Gasteiger partial charge on any atom is 0.223 e. The Morgan fingerprint density at radius 2 is 1.66 bits per heavy atom. The highest BCUT2D eigenvalue weighted by molar-refractivity contribution is 7.88. The summed E-state index contributed by atoms with van der Waals surface area (Å²) in [5.74, 6) is 0.615. The largest absolute Gasteiger partial charge is 0.492 e. The summed E-state index contributed by atoms with van der Waals surface area (Å²) in [6, 6.07) is 15.6. The van der Waals surface area contributed by atoms with Gasteiger partial charge in [-0.25, -0.2) is 12.7 Å². The van der Waals surface area contributed by atoms with Crippen LogP contribution in [-0.2, 0) is 27.0 Å². The van der Waals surface area contributed by atoms with E-state index >= 15 is 0 Å². The fraction of sp³-hybridized carbons (Fsp3) is 0.480. The highest BCUT2D eigenvalue weighted by atomic mass is 32.2. The van der Waals surface area contributed by atoms with Gasteiger partial charge in [0.2, 0.25) is 15.9 Å². The minimum absolute atomic E-state index is 0.000899. The molecule has 32 heavy (non-hydrogen) atoms. The summed E-state index contributed by atoms with van der Waals surface area (Å²) >= 11 is 0. The van der Waals surface area contributed by atoms with Crippen molar-refractivity contribution in [1.29, 1.82) is 0 Å². The van der Waals surface area contributed by atoms with Gasteiger partial charge in [-0.3, -0.25) is 4.79 Å². The molecule has 1 fully saturated rings. The number of nitrogens with one attached hydrogen (secondary N) is 1. The first-order valence-electron chi connectivity index (χ1n) is 11.4. The first-order valence-corrected chi connectivity index (χ1v) is 13.0. The number of ether oxygens (including phenoxy) is 1. The molecule has 0 saturated carbocycles. The van der Waals surface area contributed by atoms with Crippen LogP contribution < -0.4 is 10.1 Å². The molecule has 1 N–H and O–H groups in total. The highest BCUT2D eigenvalue weighted by Gasteiger charge is 2.31. The Balaban J connectivity index is 1.37. The van der Waals surface area contributed by atoms with E-state index in [0.29, 0.717) is 39.1 Å². The first-order chi connectivity index (χ1) is 15.4. The van der Waals surface area contributed by atoms with Gasteiger partial charge in [0.05, 0.1) is 12.3 Å². The van der Waals surface area contributed by atoms with Crippen molar-refractivity contribution in [3.8, 4) is 5.75 Å². The maximum absolute atomic E-state index is 12.7. The molecule has 0 aliphatic carbocycles. The molecule has 1 amide bonds. The highest BCUT2D eigenvalue weighted by Crippen LogP contribution is 2.22. The van der Waals surface area contributed by atoms with Gasteiger partial charge in [0.1, 0.15) is 12.4 Å². The van der Waals surface area contributed by atoms with Crippen LogP contribution in [0.1, 0.15) is 42.9 Å². The molecule has 0 bridgehead atoms. The normalized spacial score (nSPS) is 15.4. The molecule has 2 aromatic rings. The summed E-state index contributed by atoms with van der Waals surface area (Å²) in [5, 5.41) is 2.92. The molecule has 0 atom stereocenters. The van der Waals surface area contributed by atoms with E-state index in [4.69, 9.17) is 4.74 Å². The van der Waals surface area contributed by atoms with Crippen molar-refractivity contribution >= 4 is 15.9 Å². The number of carbonyl (C=O) groups excluding carboxylic acids is 1. The van der Waals surface area contributed by atoms with E-state index in [2.05, 4.69) is 24.4 Å². The number of amides is 1. The van der Waals surface area contributed by atoms with Crippen LogP contribution in [0, 0.1) is 12.8 Å². The molecule has 0 spiro atoms. The third kappa shape index (κ3) is 7.07. The van der Waals surface area contributed by atoms with Crippen LogP contribution in [0.2, 0.25) is 0 Å². The minimum atomic E-state index is -3.38. The average molecular weight is 459 g/mol. The second-order valence-electron chi connectivity index (χ2n) is 8.45. The van der Waals surface area contributed by atoms with Crippen LogP contribution in [0.25, 0.3) is 0 Å². The van der Waals surface area contributed by atoms with Gasteiger partial charge in [0.15, 0.2) is 0 Å². The second kappa shape index (κ2) is 11.5. The van der Waals surface area contributed by atoms with Crippen LogP contribution in [0.4, 0.5) is 0 Å². The predicted molar refractivity (Wildman–Crippen MR) is 127 cm³/mol. The molecule has 1 aliphatic heterocycles. The van der Waals surface area contributed by atoms with Crippen molar-refractivity contribution in [2.75, 3.05) is 26.2 Å². The summed E-state index contributed by atoms with van der Waals surface area (Å²) in [5.41, 5.74) is 3.18. The molecule has 0 aromatic heterocycles. The standard InChI is InChI=1S/C25H34N2O4S/c1-3-4-21-9-11-24(12-10-21)31-18-15-26-25(28)23-13-16-27(17-14-23)32(29,30)19-22-7-5-20(2)6-8-22/h5-12,23H,3-4,13-19H2,1-2H3,(H,26,28). The van der Waals surface area contributed by atoms with E-state index in [9.17, 15) is 13.2 Å². The zero-order valence-electron chi connectivity index (χ0n) is 19.0. The van der Waals surface area contributed by atoms with Crippen LogP contribution in [0.3, 0.4) is 0 Å². The third-order valence-corrected chi connectivity index (χ3v) is 7.67. The summed E-state index contributed by atoms with van der Waals surface area (Å²) in [6.07, 6.45) is 3.25. The average Bonchev–Trinajstić information content (AvgIpc) is 2.79. The van der Waals surface area contributed by atoms with Gasteiger partial charge in [-0.05, 0) is 49.4 Å². The monoisotopic (exact) mass is 458 g/mol. The minimum Gasteiger partial charge on any atom is -0.492 e. The Labute approximate surface area is 192 Å². The Hall–Kier alpha value is -2.38. The summed E-state index contributed by atoms with van der Waals surface area (Å²) < 4.78 is 32.7. The fourth-order valence-corrected chi connectivity index (χ4v) is 5.47. The SMILES string of the molecule is CCCc1ccc(OCCNC(=O)C2CCN(S(=O)(=O)Cc3ccc(C)cc3)CC2)cc1. The van der Waals surface area contributed by atoms with Crippen molar-refractivity contribution in [2.24, 2.45) is 5.92 Å². The lowest BCUT2D eigenvalue weighted by molar-refractivity contribution is -0.126. The third-order valence-electron chi connectivity index (χ3n) is 5.82. The number of sulfonamides is 1. The van der Waals surface area contributed by atoms with Crippen LogP contribution in [-0.4, -0.2) is 44.9 Å². The lowest BCUT2D eigenvalue weighted by Crippen LogP contribution is -2.43. The smallest absolute Gasteiger partial charge is 0.223 e. The fourth-order valence-electron chi connectivity index (χ4n) is 3.91. The molecule has 3 rings (SSSR count). The van der Waals surface area contributed by atoms with Crippen molar-refractivity contribution < 1.29 is 17.9 Å². The maximum atomic E-state index is 12.7. The molecule has 0 unspecified atom stereocenters.